The molecule has 0 saturated carbocycles. The monoisotopic (exact) mass is 422 g/mol. The van der Waals surface area contributed by atoms with E-state index in [2.05, 4.69) is 35.1 Å². The van der Waals surface area contributed by atoms with E-state index in [1.807, 2.05) is 54.8 Å². The number of aryl methyl sites for hydroxylation is 2. The highest BCUT2D eigenvalue weighted by molar-refractivity contribution is 7.99. The first-order valence-corrected chi connectivity index (χ1v) is 10.7. The van der Waals surface area contributed by atoms with E-state index < -0.39 is 0 Å². The van der Waals surface area contributed by atoms with Crippen LogP contribution in [0.2, 0.25) is 0 Å². The Balaban J connectivity index is 1.65. The second kappa shape index (κ2) is 10.1. The number of hydrogen-bond donors (Lipinski definition) is 1. The SMILES string of the molecule is C=CCn1c(COc2cccc(C)c2C)nnc1SCC(=O)Nc1ccccc1C. The fourth-order valence-corrected chi connectivity index (χ4v) is 3.66. The van der Waals surface area contributed by atoms with Gasteiger partial charge in [0.15, 0.2) is 11.0 Å². The lowest BCUT2D eigenvalue weighted by Crippen LogP contribution is -2.15. The molecule has 3 aromatic rings. The average Bonchev–Trinajstić information content (AvgIpc) is 3.11. The van der Waals surface area contributed by atoms with Gasteiger partial charge in [0.25, 0.3) is 0 Å². The molecule has 1 N–H and O–H groups in total. The third-order valence-electron chi connectivity index (χ3n) is 4.77. The standard InChI is InChI=1S/C23H26N4O2S/c1-5-13-27-21(14-29-20-12-8-10-16(2)18(20)4)25-26-23(27)30-15-22(28)24-19-11-7-6-9-17(19)3/h5-12H,1,13-15H2,2-4H3,(H,24,28). The van der Waals surface area contributed by atoms with Gasteiger partial charge in [-0.05, 0) is 49.6 Å². The average molecular weight is 423 g/mol. The number of ether oxygens (including phenoxy) is 1. The second-order valence-electron chi connectivity index (χ2n) is 6.94. The fourth-order valence-electron chi connectivity index (χ4n) is 2.90. The first kappa shape index (κ1) is 21.6. The molecule has 0 atom stereocenters. The summed E-state index contributed by atoms with van der Waals surface area (Å²) in [6.45, 7) is 10.7. The van der Waals surface area contributed by atoms with Gasteiger partial charge in [-0.2, -0.15) is 0 Å². The molecule has 2 aromatic carbocycles. The zero-order chi connectivity index (χ0) is 21.5. The zero-order valence-electron chi connectivity index (χ0n) is 17.5. The van der Waals surface area contributed by atoms with Crippen molar-refractivity contribution in [3.63, 3.8) is 0 Å². The van der Waals surface area contributed by atoms with Gasteiger partial charge in [-0.25, -0.2) is 0 Å². The molecule has 0 unspecified atom stereocenters. The summed E-state index contributed by atoms with van der Waals surface area (Å²) in [4.78, 5) is 12.4. The van der Waals surface area contributed by atoms with Gasteiger partial charge in [0, 0.05) is 12.2 Å². The minimum absolute atomic E-state index is 0.0874. The van der Waals surface area contributed by atoms with Gasteiger partial charge in [-0.1, -0.05) is 48.2 Å². The molecule has 7 heteroatoms. The Morgan fingerprint density at radius 2 is 1.90 bits per heavy atom. The Morgan fingerprint density at radius 1 is 1.13 bits per heavy atom. The third kappa shape index (κ3) is 5.30. The van der Waals surface area contributed by atoms with E-state index in [1.165, 1.54) is 17.3 Å². The predicted molar refractivity (Wildman–Crippen MR) is 121 cm³/mol. The number of allylic oxidation sites excluding steroid dienone is 1. The molecule has 1 aromatic heterocycles. The molecular formula is C23H26N4O2S. The molecule has 0 aliphatic rings. The lowest BCUT2D eigenvalue weighted by molar-refractivity contribution is -0.113. The Morgan fingerprint density at radius 3 is 2.67 bits per heavy atom. The third-order valence-corrected chi connectivity index (χ3v) is 5.74. The van der Waals surface area contributed by atoms with Gasteiger partial charge >= 0.3 is 0 Å². The van der Waals surface area contributed by atoms with Crippen molar-refractivity contribution in [2.45, 2.75) is 39.1 Å². The van der Waals surface area contributed by atoms with Crippen molar-refractivity contribution in [2.75, 3.05) is 11.1 Å². The maximum atomic E-state index is 12.4. The molecule has 0 aliphatic heterocycles. The summed E-state index contributed by atoms with van der Waals surface area (Å²) in [7, 11) is 0. The van der Waals surface area contributed by atoms with Crippen LogP contribution in [0, 0.1) is 20.8 Å². The number of thioether (sulfide) groups is 1. The zero-order valence-corrected chi connectivity index (χ0v) is 18.3. The molecule has 0 radical (unpaired) electrons. The summed E-state index contributed by atoms with van der Waals surface area (Å²) < 4.78 is 7.90. The molecule has 3 rings (SSSR count). The number of anilines is 1. The van der Waals surface area contributed by atoms with Crippen LogP contribution in [0.1, 0.15) is 22.5 Å². The largest absolute Gasteiger partial charge is 0.485 e. The molecule has 0 spiro atoms. The number of rotatable bonds is 9. The van der Waals surface area contributed by atoms with Crippen LogP contribution < -0.4 is 10.1 Å². The minimum atomic E-state index is -0.0874. The number of nitrogens with one attached hydrogen (secondary N) is 1. The van der Waals surface area contributed by atoms with E-state index in [1.54, 1.807) is 6.08 Å². The highest BCUT2D eigenvalue weighted by Crippen LogP contribution is 2.23. The van der Waals surface area contributed by atoms with Crippen molar-refractivity contribution in [3.8, 4) is 5.75 Å². The number of aromatic nitrogens is 3. The Bertz CT molecular complexity index is 1050. The second-order valence-corrected chi connectivity index (χ2v) is 7.88. The van der Waals surface area contributed by atoms with E-state index >= 15 is 0 Å². The summed E-state index contributed by atoms with van der Waals surface area (Å²) >= 11 is 1.34. The minimum Gasteiger partial charge on any atom is -0.485 e. The van der Waals surface area contributed by atoms with Gasteiger partial charge in [0.2, 0.25) is 5.91 Å². The van der Waals surface area contributed by atoms with Crippen LogP contribution in [0.5, 0.6) is 5.75 Å². The molecule has 0 saturated heterocycles. The number of amides is 1. The van der Waals surface area contributed by atoms with E-state index in [4.69, 9.17) is 4.74 Å². The summed E-state index contributed by atoms with van der Waals surface area (Å²) in [6.07, 6.45) is 1.78. The smallest absolute Gasteiger partial charge is 0.234 e. The number of nitrogens with zero attached hydrogens (tertiary/aromatic N) is 3. The predicted octanol–water partition coefficient (Wildman–Crippen LogP) is 4.70. The number of benzene rings is 2. The van der Waals surface area contributed by atoms with Crippen LogP contribution >= 0.6 is 11.8 Å². The molecular weight excluding hydrogens is 396 g/mol. The maximum absolute atomic E-state index is 12.4. The molecule has 1 amide bonds. The molecule has 6 nitrogen and oxygen atoms in total. The Kier molecular flexibility index (Phi) is 7.30. The fraction of sp³-hybridized carbons (Fsp3) is 0.261. The number of para-hydroxylation sites is 1. The van der Waals surface area contributed by atoms with Crippen LogP contribution in [-0.4, -0.2) is 26.4 Å². The van der Waals surface area contributed by atoms with E-state index in [-0.39, 0.29) is 11.7 Å². The molecule has 156 valence electrons. The number of carbonyl (C=O) groups is 1. The van der Waals surface area contributed by atoms with Crippen molar-refractivity contribution >= 4 is 23.4 Å². The normalized spacial score (nSPS) is 10.6. The molecule has 0 aliphatic carbocycles. The summed E-state index contributed by atoms with van der Waals surface area (Å²) in [5.41, 5.74) is 4.13. The van der Waals surface area contributed by atoms with Gasteiger partial charge in [-0.15, -0.1) is 16.8 Å². The van der Waals surface area contributed by atoms with Gasteiger partial charge < -0.3 is 10.1 Å². The highest BCUT2D eigenvalue weighted by Gasteiger charge is 2.15. The van der Waals surface area contributed by atoms with Crippen molar-refractivity contribution < 1.29 is 9.53 Å². The van der Waals surface area contributed by atoms with E-state index in [9.17, 15) is 4.79 Å². The summed E-state index contributed by atoms with van der Waals surface area (Å²) in [6, 6.07) is 13.7. The van der Waals surface area contributed by atoms with Crippen LogP contribution in [0.4, 0.5) is 5.69 Å². The van der Waals surface area contributed by atoms with E-state index in [0.29, 0.717) is 24.1 Å². The van der Waals surface area contributed by atoms with Crippen molar-refractivity contribution in [2.24, 2.45) is 0 Å². The molecule has 30 heavy (non-hydrogen) atoms. The molecule has 1 heterocycles. The molecule has 0 fully saturated rings. The summed E-state index contributed by atoms with van der Waals surface area (Å²) in [5.74, 6) is 1.67. The maximum Gasteiger partial charge on any atom is 0.234 e. The number of carbonyl (C=O) groups excluding carboxylic acids is 1. The first-order valence-electron chi connectivity index (χ1n) is 9.70. The van der Waals surface area contributed by atoms with Crippen LogP contribution in [0.25, 0.3) is 0 Å². The quantitative estimate of drug-likeness (QED) is 0.400. The Hall–Kier alpha value is -3.06. The Labute approximate surface area is 181 Å². The number of hydrogen-bond acceptors (Lipinski definition) is 5. The van der Waals surface area contributed by atoms with Crippen LogP contribution in [-0.2, 0) is 17.9 Å². The lowest BCUT2D eigenvalue weighted by atomic mass is 10.1. The molecule has 0 bridgehead atoms. The lowest BCUT2D eigenvalue weighted by Gasteiger charge is -2.12. The van der Waals surface area contributed by atoms with Crippen molar-refractivity contribution in [1.82, 2.24) is 14.8 Å². The first-order chi connectivity index (χ1) is 14.5. The van der Waals surface area contributed by atoms with Crippen LogP contribution in [0.3, 0.4) is 0 Å². The van der Waals surface area contributed by atoms with E-state index in [0.717, 1.165) is 22.6 Å². The van der Waals surface area contributed by atoms with Crippen molar-refractivity contribution in [1.29, 1.82) is 0 Å². The highest BCUT2D eigenvalue weighted by atomic mass is 32.2. The van der Waals surface area contributed by atoms with Crippen LogP contribution in [0.15, 0.2) is 60.3 Å². The van der Waals surface area contributed by atoms with Crippen molar-refractivity contribution in [3.05, 3.63) is 77.6 Å². The van der Waals surface area contributed by atoms with Gasteiger partial charge in [0.1, 0.15) is 12.4 Å². The van der Waals surface area contributed by atoms with Gasteiger partial charge in [0.05, 0.1) is 5.75 Å². The topological polar surface area (TPSA) is 69.0 Å². The van der Waals surface area contributed by atoms with Gasteiger partial charge in [-0.3, -0.25) is 9.36 Å². The summed E-state index contributed by atoms with van der Waals surface area (Å²) in [5, 5.41) is 12.1.